The van der Waals surface area contributed by atoms with Gasteiger partial charge in [-0.25, -0.2) is 0 Å². The summed E-state index contributed by atoms with van der Waals surface area (Å²) in [6.07, 6.45) is 3.39. The van der Waals surface area contributed by atoms with E-state index in [0.29, 0.717) is 11.3 Å². The van der Waals surface area contributed by atoms with Crippen LogP contribution < -0.4 is 10.1 Å². The molecule has 5 heteroatoms. The van der Waals surface area contributed by atoms with Gasteiger partial charge in [0.05, 0.1) is 0 Å². The van der Waals surface area contributed by atoms with Crippen molar-refractivity contribution >= 4 is 17.5 Å². The molecule has 0 heterocycles. The molecule has 2 amide bonds. The van der Waals surface area contributed by atoms with Crippen LogP contribution in [-0.2, 0) is 17.6 Å². The Bertz CT molecular complexity index is 782. The molecule has 0 aliphatic heterocycles. The summed E-state index contributed by atoms with van der Waals surface area (Å²) in [5, 5.41) is 2.77. The van der Waals surface area contributed by atoms with Crippen molar-refractivity contribution in [2.45, 2.75) is 19.3 Å². The predicted octanol–water partition coefficient (Wildman–Crippen LogP) is 2.89. The largest absolute Gasteiger partial charge is 0.484 e. The van der Waals surface area contributed by atoms with Gasteiger partial charge in [0.25, 0.3) is 11.8 Å². The molecule has 1 N–H and O–H groups in total. The quantitative estimate of drug-likeness (QED) is 0.912. The number of carbonyl (C=O) groups is 2. The third-order valence-electron chi connectivity index (χ3n) is 4.26. The highest BCUT2D eigenvalue weighted by molar-refractivity contribution is 5.95. The monoisotopic (exact) mass is 338 g/mol. The lowest BCUT2D eigenvalue weighted by atomic mass is 10.1. The van der Waals surface area contributed by atoms with Crippen LogP contribution in [0.1, 0.15) is 27.9 Å². The Hall–Kier alpha value is -2.82. The number of amides is 2. The molecule has 0 aromatic heterocycles. The number of ether oxygens (including phenoxy) is 1. The first-order valence-electron chi connectivity index (χ1n) is 8.39. The molecule has 0 atom stereocenters. The van der Waals surface area contributed by atoms with Gasteiger partial charge in [0.1, 0.15) is 5.75 Å². The number of hydrogen-bond acceptors (Lipinski definition) is 3. The van der Waals surface area contributed by atoms with Crippen molar-refractivity contribution in [3.05, 3.63) is 59.2 Å². The van der Waals surface area contributed by atoms with E-state index < -0.39 is 0 Å². The van der Waals surface area contributed by atoms with Crippen LogP contribution in [0.4, 0.5) is 5.69 Å². The highest BCUT2D eigenvalue weighted by Crippen LogP contribution is 2.26. The summed E-state index contributed by atoms with van der Waals surface area (Å²) >= 11 is 0. The van der Waals surface area contributed by atoms with Crippen molar-refractivity contribution in [3.8, 4) is 5.75 Å². The van der Waals surface area contributed by atoms with Crippen molar-refractivity contribution in [2.24, 2.45) is 0 Å². The topological polar surface area (TPSA) is 58.6 Å². The third-order valence-corrected chi connectivity index (χ3v) is 4.26. The first-order valence-corrected chi connectivity index (χ1v) is 8.39. The molecule has 0 saturated carbocycles. The predicted molar refractivity (Wildman–Crippen MR) is 97.1 cm³/mol. The average molecular weight is 338 g/mol. The minimum absolute atomic E-state index is 0.0445. The van der Waals surface area contributed by atoms with Gasteiger partial charge in [-0.1, -0.05) is 6.07 Å². The molecular weight excluding hydrogens is 316 g/mol. The number of aryl methyl sites for hydroxylation is 2. The molecule has 0 fully saturated rings. The molecular formula is C20H22N2O3. The summed E-state index contributed by atoms with van der Waals surface area (Å²) in [6.45, 7) is -0.0445. The first-order chi connectivity index (χ1) is 12.0. The molecule has 25 heavy (non-hydrogen) atoms. The van der Waals surface area contributed by atoms with Crippen molar-refractivity contribution in [1.29, 1.82) is 0 Å². The lowest BCUT2D eigenvalue weighted by molar-refractivity contribution is -0.118. The fraction of sp³-hybridized carbons (Fsp3) is 0.300. The Kier molecular flexibility index (Phi) is 5.03. The van der Waals surface area contributed by atoms with Gasteiger partial charge in [-0.05, 0) is 66.8 Å². The van der Waals surface area contributed by atoms with Crippen LogP contribution in [0, 0.1) is 0 Å². The van der Waals surface area contributed by atoms with E-state index in [0.717, 1.165) is 18.6 Å². The Morgan fingerprint density at radius 2 is 1.76 bits per heavy atom. The second kappa shape index (κ2) is 7.38. The lowest BCUT2D eigenvalue weighted by Gasteiger charge is -2.11. The van der Waals surface area contributed by atoms with Crippen LogP contribution in [0.3, 0.4) is 0 Å². The molecule has 2 aromatic carbocycles. The van der Waals surface area contributed by atoms with Crippen LogP contribution in [0.2, 0.25) is 0 Å². The van der Waals surface area contributed by atoms with Gasteiger partial charge in [0.15, 0.2) is 6.61 Å². The SMILES string of the molecule is CN(C)C(=O)c1ccc(NC(=O)COc2ccc3c(c2)CCC3)cc1. The number of nitrogens with zero attached hydrogens (tertiary/aromatic N) is 1. The maximum Gasteiger partial charge on any atom is 0.262 e. The van der Waals surface area contributed by atoms with Crippen molar-refractivity contribution in [1.82, 2.24) is 4.90 Å². The number of anilines is 1. The molecule has 1 aliphatic rings. The molecule has 1 aliphatic carbocycles. The zero-order valence-corrected chi connectivity index (χ0v) is 14.5. The summed E-state index contributed by atoms with van der Waals surface area (Å²) < 4.78 is 5.59. The Morgan fingerprint density at radius 3 is 2.48 bits per heavy atom. The van der Waals surface area contributed by atoms with Crippen LogP contribution in [0.15, 0.2) is 42.5 Å². The lowest BCUT2D eigenvalue weighted by Crippen LogP contribution is -2.22. The van der Waals surface area contributed by atoms with Crippen LogP contribution in [0.5, 0.6) is 5.75 Å². The minimum Gasteiger partial charge on any atom is -0.484 e. The molecule has 3 rings (SSSR count). The Labute approximate surface area is 147 Å². The van der Waals surface area contributed by atoms with E-state index in [1.807, 2.05) is 12.1 Å². The number of carbonyl (C=O) groups excluding carboxylic acids is 2. The normalized spacial score (nSPS) is 12.4. The third kappa shape index (κ3) is 4.18. The van der Waals surface area contributed by atoms with E-state index in [-0.39, 0.29) is 18.4 Å². The average Bonchev–Trinajstić information content (AvgIpc) is 3.07. The molecule has 0 saturated heterocycles. The maximum atomic E-state index is 12.0. The number of nitrogens with one attached hydrogen (secondary N) is 1. The van der Waals surface area contributed by atoms with Crippen LogP contribution >= 0.6 is 0 Å². The number of benzene rings is 2. The molecule has 130 valence electrons. The van der Waals surface area contributed by atoms with E-state index in [1.54, 1.807) is 38.4 Å². The standard InChI is InChI=1S/C20H22N2O3/c1-22(2)20(24)15-6-9-17(10-7-15)21-19(23)13-25-18-11-8-14-4-3-5-16(14)12-18/h6-12H,3-5,13H2,1-2H3,(H,21,23). The summed E-state index contributed by atoms with van der Waals surface area (Å²) in [4.78, 5) is 25.4. The van der Waals surface area contributed by atoms with Crippen molar-refractivity contribution in [3.63, 3.8) is 0 Å². The summed E-state index contributed by atoms with van der Waals surface area (Å²) in [7, 11) is 3.41. The zero-order chi connectivity index (χ0) is 17.8. The fourth-order valence-electron chi connectivity index (χ4n) is 2.94. The van der Waals surface area contributed by atoms with Gasteiger partial charge in [-0.15, -0.1) is 0 Å². The second-order valence-electron chi connectivity index (χ2n) is 6.40. The van der Waals surface area contributed by atoms with Gasteiger partial charge in [0.2, 0.25) is 0 Å². The Morgan fingerprint density at radius 1 is 1.04 bits per heavy atom. The zero-order valence-electron chi connectivity index (χ0n) is 14.5. The van der Waals surface area contributed by atoms with E-state index in [4.69, 9.17) is 4.74 Å². The number of fused-ring (bicyclic) bond motifs is 1. The smallest absolute Gasteiger partial charge is 0.262 e. The maximum absolute atomic E-state index is 12.0. The minimum atomic E-state index is -0.229. The number of hydrogen-bond donors (Lipinski definition) is 1. The Balaban J connectivity index is 1.53. The van der Waals surface area contributed by atoms with Gasteiger partial charge in [0, 0.05) is 25.3 Å². The first kappa shape index (κ1) is 17.0. The van der Waals surface area contributed by atoms with Gasteiger partial charge in [-0.3, -0.25) is 9.59 Å². The summed E-state index contributed by atoms with van der Waals surface area (Å²) in [5.74, 6) is 0.424. The van der Waals surface area contributed by atoms with Crippen LogP contribution in [0.25, 0.3) is 0 Å². The summed E-state index contributed by atoms with van der Waals surface area (Å²) in [5.41, 5.74) is 3.92. The van der Waals surface area contributed by atoms with Gasteiger partial charge < -0.3 is 15.0 Å². The molecule has 5 nitrogen and oxygen atoms in total. The molecule has 2 aromatic rings. The van der Waals surface area contributed by atoms with Crippen molar-refractivity contribution < 1.29 is 14.3 Å². The highest BCUT2D eigenvalue weighted by atomic mass is 16.5. The molecule has 0 radical (unpaired) electrons. The van der Waals surface area contributed by atoms with Crippen LogP contribution in [-0.4, -0.2) is 37.4 Å². The number of rotatable bonds is 5. The van der Waals surface area contributed by atoms with Gasteiger partial charge >= 0.3 is 0 Å². The van der Waals surface area contributed by atoms with Crippen molar-refractivity contribution in [2.75, 3.05) is 26.0 Å². The van der Waals surface area contributed by atoms with E-state index >= 15 is 0 Å². The second-order valence-corrected chi connectivity index (χ2v) is 6.40. The van der Waals surface area contributed by atoms with E-state index in [2.05, 4.69) is 11.4 Å². The highest BCUT2D eigenvalue weighted by Gasteiger charge is 2.12. The van der Waals surface area contributed by atoms with E-state index in [1.165, 1.54) is 22.4 Å². The van der Waals surface area contributed by atoms with Gasteiger partial charge in [-0.2, -0.15) is 0 Å². The molecule has 0 bridgehead atoms. The fourth-order valence-corrected chi connectivity index (χ4v) is 2.94. The molecule has 0 unspecified atom stereocenters. The summed E-state index contributed by atoms with van der Waals surface area (Å²) in [6, 6.07) is 12.8. The van der Waals surface area contributed by atoms with E-state index in [9.17, 15) is 9.59 Å². The molecule has 0 spiro atoms.